The highest BCUT2D eigenvalue weighted by molar-refractivity contribution is 6.29. The van der Waals surface area contributed by atoms with Gasteiger partial charge >= 0.3 is 0 Å². The molecule has 4 nitrogen and oxygen atoms in total. The number of anilines is 1. The molecular weight excluding hydrogens is 262 g/mol. The SMILES string of the molecule is CC(C)(C)c1nc(Cl)cc(NC2CCCC2CO)n1. The van der Waals surface area contributed by atoms with Crippen molar-refractivity contribution in [3.8, 4) is 0 Å². The number of nitrogens with one attached hydrogen (secondary N) is 1. The highest BCUT2D eigenvalue weighted by Gasteiger charge is 2.27. The van der Waals surface area contributed by atoms with Gasteiger partial charge in [0.2, 0.25) is 0 Å². The van der Waals surface area contributed by atoms with E-state index in [-0.39, 0.29) is 18.1 Å². The van der Waals surface area contributed by atoms with Crippen molar-refractivity contribution < 1.29 is 5.11 Å². The molecule has 0 bridgehead atoms. The summed E-state index contributed by atoms with van der Waals surface area (Å²) in [6, 6.07) is 2.03. The van der Waals surface area contributed by atoms with Gasteiger partial charge in [-0.1, -0.05) is 38.8 Å². The zero-order chi connectivity index (χ0) is 14.0. The molecule has 1 aromatic rings. The van der Waals surface area contributed by atoms with Crippen LogP contribution in [0, 0.1) is 5.92 Å². The second-order valence-electron chi connectivity index (χ2n) is 6.27. The number of nitrogens with zero attached hydrogens (tertiary/aromatic N) is 2. The van der Waals surface area contributed by atoms with Crippen molar-refractivity contribution in [3.05, 3.63) is 17.0 Å². The molecule has 1 heterocycles. The molecule has 0 spiro atoms. The summed E-state index contributed by atoms with van der Waals surface area (Å²) in [7, 11) is 0. The van der Waals surface area contributed by atoms with Crippen molar-refractivity contribution in [1.29, 1.82) is 0 Å². The van der Waals surface area contributed by atoms with Crippen LogP contribution in [0.2, 0.25) is 5.15 Å². The van der Waals surface area contributed by atoms with Crippen LogP contribution in [0.15, 0.2) is 6.07 Å². The summed E-state index contributed by atoms with van der Waals surface area (Å²) in [5, 5.41) is 13.2. The van der Waals surface area contributed by atoms with Gasteiger partial charge in [-0.15, -0.1) is 0 Å². The lowest BCUT2D eigenvalue weighted by atomic mass is 9.96. The fourth-order valence-electron chi connectivity index (χ4n) is 2.46. The number of rotatable bonds is 3. The molecule has 2 N–H and O–H groups in total. The van der Waals surface area contributed by atoms with E-state index in [1.165, 1.54) is 0 Å². The maximum Gasteiger partial charge on any atom is 0.137 e. The van der Waals surface area contributed by atoms with Crippen molar-refractivity contribution >= 4 is 17.4 Å². The molecule has 1 fully saturated rings. The maximum absolute atomic E-state index is 9.35. The van der Waals surface area contributed by atoms with E-state index in [0.29, 0.717) is 11.1 Å². The van der Waals surface area contributed by atoms with Crippen molar-refractivity contribution in [3.63, 3.8) is 0 Å². The first kappa shape index (κ1) is 14.5. The van der Waals surface area contributed by atoms with E-state index < -0.39 is 0 Å². The Morgan fingerprint density at radius 1 is 1.37 bits per heavy atom. The first-order valence-electron chi connectivity index (χ1n) is 6.82. The zero-order valence-corrected chi connectivity index (χ0v) is 12.5. The number of aromatic nitrogens is 2. The number of halogens is 1. The van der Waals surface area contributed by atoms with Gasteiger partial charge in [0.05, 0.1) is 0 Å². The number of aliphatic hydroxyl groups excluding tert-OH is 1. The van der Waals surface area contributed by atoms with Crippen molar-refractivity contribution in [2.45, 2.75) is 51.5 Å². The summed E-state index contributed by atoms with van der Waals surface area (Å²) in [6.45, 7) is 6.42. The van der Waals surface area contributed by atoms with E-state index in [4.69, 9.17) is 11.6 Å². The summed E-state index contributed by atoms with van der Waals surface area (Å²) in [5.41, 5.74) is -0.132. The quantitative estimate of drug-likeness (QED) is 0.837. The molecule has 0 aromatic carbocycles. The van der Waals surface area contributed by atoms with Crippen molar-refractivity contribution in [2.75, 3.05) is 11.9 Å². The molecule has 0 radical (unpaired) electrons. The Balaban J connectivity index is 2.18. The standard InChI is InChI=1S/C14H22ClN3O/c1-14(2,3)13-17-11(15)7-12(18-13)16-10-6-4-5-9(10)8-19/h7,9-10,19H,4-6,8H2,1-3H3,(H,16,17,18). The van der Waals surface area contributed by atoms with Gasteiger partial charge in [-0.2, -0.15) is 0 Å². The normalized spacial score (nSPS) is 23.6. The highest BCUT2D eigenvalue weighted by Crippen LogP contribution is 2.29. The molecule has 0 aliphatic heterocycles. The van der Waals surface area contributed by atoms with Gasteiger partial charge < -0.3 is 10.4 Å². The van der Waals surface area contributed by atoms with Crippen LogP contribution in [0.25, 0.3) is 0 Å². The van der Waals surface area contributed by atoms with E-state index in [2.05, 4.69) is 36.1 Å². The molecule has 2 unspecified atom stereocenters. The minimum Gasteiger partial charge on any atom is -0.396 e. The molecular formula is C14H22ClN3O. The first-order valence-corrected chi connectivity index (χ1v) is 7.20. The van der Waals surface area contributed by atoms with Gasteiger partial charge in [-0.3, -0.25) is 0 Å². The maximum atomic E-state index is 9.35. The molecule has 106 valence electrons. The predicted octanol–water partition coefficient (Wildman–Crippen LogP) is 3.00. The molecule has 5 heteroatoms. The molecule has 1 saturated carbocycles. The lowest BCUT2D eigenvalue weighted by Crippen LogP contribution is -2.27. The molecule has 2 rings (SSSR count). The van der Waals surface area contributed by atoms with E-state index in [1.807, 2.05) is 0 Å². The Hall–Kier alpha value is -0.870. The summed E-state index contributed by atoms with van der Waals surface area (Å²) >= 11 is 6.07. The van der Waals surface area contributed by atoms with E-state index in [9.17, 15) is 5.11 Å². The lowest BCUT2D eigenvalue weighted by molar-refractivity contribution is 0.222. The minimum atomic E-state index is -0.132. The largest absolute Gasteiger partial charge is 0.396 e. The second-order valence-corrected chi connectivity index (χ2v) is 6.66. The fourth-order valence-corrected chi connectivity index (χ4v) is 2.65. The topological polar surface area (TPSA) is 58.0 Å². The summed E-state index contributed by atoms with van der Waals surface area (Å²) in [6.07, 6.45) is 3.28. The Morgan fingerprint density at radius 3 is 2.74 bits per heavy atom. The molecule has 1 aliphatic rings. The minimum absolute atomic E-state index is 0.132. The van der Waals surface area contributed by atoms with Crippen LogP contribution in [-0.4, -0.2) is 27.7 Å². The Kier molecular flexibility index (Phi) is 4.31. The van der Waals surface area contributed by atoms with E-state index in [1.54, 1.807) is 6.07 Å². The third-order valence-corrected chi connectivity index (χ3v) is 3.79. The van der Waals surface area contributed by atoms with Crippen LogP contribution in [-0.2, 0) is 5.41 Å². The van der Waals surface area contributed by atoms with Gasteiger partial charge in [0.25, 0.3) is 0 Å². The smallest absolute Gasteiger partial charge is 0.137 e. The zero-order valence-electron chi connectivity index (χ0n) is 11.8. The monoisotopic (exact) mass is 283 g/mol. The van der Waals surface area contributed by atoms with Gasteiger partial charge in [0, 0.05) is 30.0 Å². The fraction of sp³-hybridized carbons (Fsp3) is 0.714. The van der Waals surface area contributed by atoms with Crippen molar-refractivity contribution in [2.24, 2.45) is 5.92 Å². The first-order chi connectivity index (χ1) is 8.90. The summed E-state index contributed by atoms with van der Waals surface area (Å²) in [4.78, 5) is 8.83. The average molecular weight is 284 g/mol. The van der Waals surface area contributed by atoms with Crippen LogP contribution in [0.5, 0.6) is 0 Å². The molecule has 0 amide bonds. The third kappa shape index (κ3) is 3.57. The molecule has 1 aliphatic carbocycles. The van der Waals surface area contributed by atoms with Gasteiger partial charge in [-0.25, -0.2) is 9.97 Å². The molecule has 0 saturated heterocycles. The van der Waals surface area contributed by atoms with Gasteiger partial charge in [0.15, 0.2) is 0 Å². The Bertz CT molecular complexity index is 445. The Labute approximate surface area is 119 Å². The predicted molar refractivity (Wildman–Crippen MR) is 77.6 cm³/mol. The second kappa shape index (κ2) is 5.63. The lowest BCUT2D eigenvalue weighted by Gasteiger charge is -2.22. The van der Waals surface area contributed by atoms with Gasteiger partial charge in [-0.05, 0) is 12.8 Å². The third-order valence-electron chi connectivity index (χ3n) is 3.59. The number of hydrogen-bond acceptors (Lipinski definition) is 4. The van der Waals surface area contributed by atoms with E-state index >= 15 is 0 Å². The van der Waals surface area contributed by atoms with Crippen molar-refractivity contribution in [1.82, 2.24) is 9.97 Å². The van der Waals surface area contributed by atoms with Crippen LogP contribution in [0.3, 0.4) is 0 Å². The summed E-state index contributed by atoms with van der Waals surface area (Å²) < 4.78 is 0. The summed E-state index contributed by atoms with van der Waals surface area (Å²) in [5.74, 6) is 1.81. The highest BCUT2D eigenvalue weighted by atomic mass is 35.5. The number of hydrogen-bond donors (Lipinski definition) is 2. The molecule has 19 heavy (non-hydrogen) atoms. The molecule has 2 atom stereocenters. The van der Waals surface area contributed by atoms with Crippen LogP contribution in [0.4, 0.5) is 5.82 Å². The van der Waals surface area contributed by atoms with Crippen LogP contribution >= 0.6 is 11.6 Å². The molecule has 1 aromatic heterocycles. The Morgan fingerprint density at radius 2 is 2.11 bits per heavy atom. The number of aliphatic hydroxyl groups is 1. The average Bonchev–Trinajstić information content (AvgIpc) is 2.74. The van der Waals surface area contributed by atoms with Crippen LogP contribution < -0.4 is 5.32 Å². The van der Waals surface area contributed by atoms with E-state index in [0.717, 1.165) is 30.9 Å². The van der Waals surface area contributed by atoms with Gasteiger partial charge in [0.1, 0.15) is 16.8 Å². The van der Waals surface area contributed by atoms with Crippen LogP contribution in [0.1, 0.15) is 45.9 Å².